The SMILES string of the molecule is CCNc1nc(NCC2CCOC2C)c2ccccc2n1. The van der Waals surface area contributed by atoms with Crippen molar-refractivity contribution in [3.8, 4) is 0 Å². The Kier molecular flexibility index (Phi) is 4.20. The minimum atomic E-state index is 0.318. The van der Waals surface area contributed by atoms with Crippen LogP contribution in [-0.4, -0.2) is 35.8 Å². The molecule has 0 bridgehead atoms. The highest BCUT2D eigenvalue weighted by Gasteiger charge is 2.24. The lowest BCUT2D eigenvalue weighted by atomic mass is 10.0. The molecule has 0 amide bonds. The molecule has 2 atom stereocenters. The molecule has 0 aliphatic carbocycles. The number of fused-ring (bicyclic) bond motifs is 1. The lowest BCUT2D eigenvalue weighted by Gasteiger charge is -2.16. The molecule has 5 heteroatoms. The van der Waals surface area contributed by atoms with Gasteiger partial charge in [0.05, 0.1) is 11.6 Å². The fourth-order valence-electron chi connectivity index (χ4n) is 2.72. The fraction of sp³-hybridized carbons (Fsp3) is 0.500. The number of ether oxygens (including phenoxy) is 1. The van der Waals surface area contributed by atoms with Crippen LogP contribution in [0.2, 0.25) is 0 Å². The normalized spacial score (nSPS) is 21.6. The third-order valence-corrected chi connectivity index (χ3v) is 4.00. The third kappa shape index (κ3) is 3.08. The zero-order valence-electron chi connectivity index (χ0n) is 12.6. The van der Waals surface area contributed by atoms with Crippen LogP contribution in [0.5, 0.6) is 0 Å². The number of para-hydroxylation sites is 1. The molecule has 112 valence electrons. The summed E-state index contributed by atoms with van der Waals surface area (Å²) in [6.07, 6.45) is 1.43. The van der Waals surface area contributed by atoms with Gasteiger partial charge in [-0.05, 0) is 32.4 Å². The Morgan fingerprint density at radius 1 is 1.24 bits per heavy atom. The summed E-state index contributed by atoms with van der Waals surface area (Å²) >= 11 is 0. The number of anilines is 2. The molecule has 2 heterocycles. The molecule has 21 heavy (non-hydrogen) atoms. The smallest absolute Gasteiger partial charge is 0.225 e. The van der Waals surface area contributed by atoms with Gasteiger partial charge in [0.1, 0.15) is 5.82 Å². The van der Waals surface area contributed by atoms with Crippen LogP contribution >= 0.6 is 0 Å². The standard InChI is InChI=1S/C16H22N4O/c1-3-17-16-19-14-7-5-4-6-13(14)15(20-16)18-10-12-8-9-21-11(12)2/h4-7,11-12H,3,8-10H2,1-2H3,(H2,17,18,19,20). The zero-order valence-corrected chi connectivity index (χ0v) is 12.6. The summed E-state index contributed by atoms with van der Waals surface area (Å²) in [5, 5.41) is 7.74. The second kappa shape index (κ2) is 6.26. The number of nitrogens with one attached hydrogen (secondary N) is 2. The monoisotopic (exact) mass is 286 g/mol. The summed E-state index contributed by atoms with van der Waals surface area (Å²) < 4.78 is 5.62. The highest BCUT2D eigenvalue weighted by Crippen LogP contribution is 2.24. The molecule has 1 aromatic heterocycles. The molecule has 1 saturated heterocycles. The molecule has 0 radical (unpaired) electrons. The van der Waals surface area contributed by atoms with E-state index < -0.39 is 0 Å². The van der Waals surface area contributed by atoms with Crippen LogP contribution in [0.1, 0.15) is 20.3 Å². The van der Waals surface area contributed by atoms with E-state index in [1.807, 2.05) is 25.1 Å². The number of rotatable bonds is 5. The predicted octanol–water partition coefficient (Wildman–Crippen LogP) is 2.90. The van der Waals surface area contributed by atoms with Gasteiger partial charge in [0.2, 0.25) is 5.95 Å². The van der Waals surface area contributed by atoms with E-state index in [4.69, 9.17) is 4.74 Å². The van der Waals surface area contributed by atoms with Crippen LogP contribution in [0, 0.1) is 5.92 Å². The molecular formula is C16H22N4O. The minimum absolute atomic E-state index is 0.318. The molecule has 2 N–H and O–H groups in total. The van der Waals surface area contributed by atoms with E-state index in [9.17, 15) is 0 Å². The molecule has 2 aromatic rings. The number of benzene rings is 1. The third-order valence-electron chi connectivity index (χ3n) is 4.00. The highest BCUT2D eigenvalue weighted by atomic mass is 16.5. The number of aromatic nitrogens is 2. The van der Waals surface area contributed by atoms with Crippen LogP contribution in [0.4, 0.5) is 11.8 Å². The van der Waals surface area contributed by atoms with Crippen molar-refractivity contribution in [3.05, 3.63) is 24.3 Å². The maximum absolute atomic E-state index is 5.62. The van der Waals surface area contributed by atoms with Gasteiger partial charge >= 0.3 is 0 Å². The maximum Gasteiger partial charge on any atom is 0.225 e. The van der Waals surface area contributed by atoms with E-state index in [2.05, 4.69) is 33.6 Å². The summed E-state index contributed by atoms with van der Waals surface area (Å²) in [6.45, 7) is 6.74. The quantitative estimate of drug-likeness (QED) is 0.885. The molecule has 0 spiro atoms. The van der Waals surface area contributed by atoms with Crippen LogP contribution in [-0.2, 0) is 4.74 Å². The Labute approximate surface area is 125 Å². The first kappa shape index (κ1) is 14.1. The minimum Gasteiger partial charge on any atom is -0.378 e. The van der Waals surface area contributed by atoms with E-state index in [1.54, 1.807) is 0 Å². The fourth-order valence-corrected chi connectivity index (χ4v) is 2.72. The molecule has 5 nitrogen and oxygen atoms in total. The Balaban J connectivity index is 1.85. The molecule has 1 aliphatic heterocycles. The van der Waals surface area contributed by atoms with Crippen molar-refractivity contribution >= 4 is 22.7 Å². The van der Waals surface area contributed by atoms with Crippen LogP contribution < -0.4 is 10.6 Å². The average molecular weight is 286 g/mol. The van der Waals surface area contributed by atoms with Crippen molar-refractivity contribution in [2.45, 2.75) is 26.4 Å². The van der Waals surface area contributed by atoms with E-state index in [-0.39, 0.29) is 0 Å². The lowest BCUT2D eigenvalue weighted by molar-refractivity contribution is 0.108. The second-order valence-corrected chi connectivity index (χ2v) is 5.45. The first-order valence-corrected chi connectivity index (χ1v) is 7.64. The Hall–Kier alpha value is -1.88. The van der Waals surface area contributed by atoms with E-state index >= 15 is 0 Å². The summed E-state index contributed by atoms with van der Waals surface area (Å²) in [7, 11) is 0. The van der Waals surface area contributed by atoms with Gasteiger partial charge in [-0.1, -0.05) is 12.1 Å². The molecule has 1 aliphatic rings. The van der Waals surface area contributed by atoms with E-state index in [1.165, 1.54) is 0 Å². The van der Waals surface area contributed by atoms with Crippen molar-refractivity contribution in [1.82, 2.24) is 9.97 Å². The van der Waals surface area contributed by atoms with Gasteiger partial charge in [-0.15, -0.1) is 0 Å². The van der Waals surface area contributed by atoms with Crippen LogP contribution in [0.3, 0.4) is 0 Å². The highest BCUT2D eigenvalue weighted by molar-refractivity contribution is 5.90. The lowest BCUT2D eigenvalue weighted by Crippen LogP contribution is -2.21. The molecule has 1 fully saturated rings. The summed E-state index contributed by atoms with van der Waals surface area (Å²) in [5.41, 5.74) is 0.960. The van der Waals surface area contributed by atoms with Gasteiger partial charge in [-0.2, -0.15) is 4.98 Å². The zero-order chi connectivity index (χ0) is 14.7. The largest absolute Gasteiger partial charge is 0.378 e. The summed E-state index contributed by atoms with van der Waals surface area (Å²) in [5.74, 6) is 2.12. The number of hydrogen-bond donors (Lipinski definition) is 2. The van der Waals surface area contributed by atoms with Crippen LogP contribution in [0.15, 0.2) is 24.3 Å². The Bertz CT molecular complexity index is 616. The molecule has 3 rings (SSSR count). The molecule has 1 aromatic carbocycles. The second-order valence-electron chi connectivity index (χ2n) is 5.45. The van der Waals surface area contributed by atoms with Crippen molar-refractivity contribution in [3.63, 3.8) is 0 Å². The predicted molar refractivity (Wildman–Crippen MR) is 85.7 cm³/mol. The van der Waals surface area contributed by atoms with Gasteiger partial charge in [0, 0.05) is 31.0 Å². The van der Waals surface area contributed by atoms with Gasteiger partial charge in [0.15, 0.2) is 0 Å². The number of nitrogens with zero attached hydrogens (tertiary/aromatic N) is 2. The first-order chi connectivity index (χ1) is 10.3. The van der Waals surface area contributed by atoms with Crippen molar-refractivity contribution in [1.29, 1.82) is 0 Å². The van der Waals surface area contributed by atoms with Gasteiger partial charge in [0.25, 0.3) is 0 Å². The first-order valence-electron chi connectivity index (χ1n) is 7.64. The average Bonchev–Trinajstić information content (AvgIpc) is 2.90. The Morgan fingerprint density at radius 2 is 2.10 bits per heavy atom. The van der Waals surface area contributed by atoms with Gasteiger partial charge < -0.3 is 15.4 Å². The molecular weight excluding hydrogens is 264 g/mol. The number of hydrogen-bond acceptors (Lipinski definition) is 5. The summed E-state index contributed by atoms with van der Waals surface area (Å²) in [6, 6.07) is 8.10. The van der Waals surface area contributed by atoms with Crippen molar-refractivity contribution in [2.24, 2.45) is 5.92 Å². The molecule has 0 saturated carbocycles. The van der Waals surface area contributed by atoms with E-state index in [0.717, 1.165) is 42.8 Å². The van der Waals surface area contributed by atoms with E-state index in [0.29, 0.717) is 18.0 Å². The van der Waals surface area contributed by atoms with Crippen molar-refractivity contribution in [2.75, 3.05) is 30.3 Å². The van der Waals surface area contributed by atoms with Gasteiger partial charge in [-0.3, -0.25) is 0 Å². The van der Waals surface area contributed by atoms with Gasteiger partial charge in [-0.25, -0.2) is 4.98 Å². The topological polar surface area (TPSA) is 59.1 Å². The summed E-state index contributed by atoms with van der Waals surface area (Å²) in [4.78, 5) is 9.14. The maximum atomic E-state index is 5.62. The van der Waals surface area contributed by atoms with Crippen molar-refractivity contribution < 1.29 is 4.74 Å². The Morgan fingerprint density at radius 3 is 2.86 bits per heavy atom. The molecule has 2 unspecified atom stereocenters. The van der Waals surface area contributed by atoms with Crippen LogP contribution in [0.25, 0.3) is 10.9 Å².